The van der Waals surface area contributed by atoms with E-state index in [1.165, 1.54) is 16.7 Å². The van der Waals surface area contributed by atoms with Crippen LogP contribution >= 0.6 is 12.2 Å². The SMILES string of the molecule is CCCCNC(=S)N1CCc2cc(OC)c(OC)cc2C1COc1ccc(CC)cc1. The van der Waals surface area contributed by atoms with Gasteiger partial charge in [-0.25, -0.2) is 0 Å². The van der Waals surface area contributed by atoms with Crippen LogP contribution in [0.2, 0.25) is 0 Å². The number of nitrogens with one attached hydrogen (secondary N) is 1. The number of ether oxygens (including phenoxy) is 3. The van der Waals surface area contributed by atoms with Gasteiger partial charge in [0, 0.05) is 13.1 Å². The first-order valence-corrected chi connectivity index (χ1v) is 11.5. The minimum atomic E-state index is -0.00367. The fourth-order valence-corrected chi connectivity index (χ4v) is 4.24. The first-order chi connectivity index (χ1) is 15.1. The molecular formula is C25H34N2O3S. The monoisotopic (exact) mass is 442 g/mol. The quantitative estimate of drug-likeness (QED) is 0.439. The lowest BCUT2D eigenvalue weighted by molar-refractivity contribution is 0.187. The molecular weight excluding hydrogens is 408 g/mol. The Morgan fingerprint density at radius 3 is 2.45 bits per heavy atom. The molecule has 3 rings (SSSR count). The highest BCUT2D eigenvalue weighted by Crippen LogP contribution is 2.38. The Kier molecular flexibility index (Phi) is 8.41. The van der Waals surface area contributed by atoms with Gasteiger partial charge in [0.25, 0.3) is 0 Å². The van der Waals surface area contributed by atoms with Gasteiger partial charge >= 0.3 is 0 Å². The molecule has 0 saturated carbocycles. The van der Waals surface area contributed by atoms with Gasteiger partial charge in [0.15, 0.2) is 16.6 Å². The molecule has 1 N–H and O–H groups in total. The molecule has 6 heteroatoms. The van der Waals surface area contributed by atoms with Crippen LogP contribution in [0.1, 0.15) is 49.4 Å². The molecule has 0 saturated heterocycles. The molecule has 1 atom stereocenters. The van der Waals surface area contributed by atoms with Crippen molar-refractivity contribution in [3.05, 3.63) is 53.1 Å². The van der Waals surface area contributed by atoms with E-state index in [1.54, 1.807) is 14.2 Å². The summed E-state index contributed by atoms with van der Waals surface area (Å²) in [5.74, 6) is 2.35. The zero-order valence-corrected chi connectivity index (χ0v) is 19.9. The van der Waals surface area contributed by atoms with Gasteiger partial charge in [-0.1, -0.05) is 32.4 Å². The number of unbranched alkanes of at least 4 members (excludes halogenated alkanes) is 1. The van der Waals surface area contributed by atoms with Crippen molar-refractivity contribution in [3.63, 3.8) is 0 Å². The molecule has 0 aliphatic carbocycles. The highest BCUT2D eigenvalue weighted by atomic mass is 32.1. The molecule has 0 bridgehead atoms. The summed E-state index contributed by atoms with van der Waals surface area (Å²) in [5.41, 5.74) is 3.73. The average Bonchev–Trinajstić information content (AvgIpc) is 2.81. The number of nitrogens with zero attached hydrogens (tertiary/aromatic N) is 1. The fraction of sp³-hybridized carbons (Fsp3) is 0.480. The summed E-state index contributed by atoms with van der Waals surface area (Å²) < 4.78 is 17.3. The molecule has 2 aromatic carbocycles. The average molecular weight is 443 g/mol. The first kappa shape index (κ1) is 23.2. The van der Waals surface area contributed by atoms with Gasteiger partial charge in [0.1, 0.15) is 12.4 Å². The zero-order chi connectivity index (χ0) is 22.2. The van der Waals surface area contributed by atoms with Crippen LogP contribution in [-0.4, -0.2) is 43.9 Å². The second-order valence-electron chi connectivity index (χ2n) is 7.76. The molecule has 0 radical (unpaired) electrons. The second-order valence-corrected chi connectivity index (χ2v) is 8.15. The lowest BCUT2D eigenvalue weighted by atomic mass is 9.92. The van der Waals surface area contributed by atoms with E-state index in [1.807, 2.05) is 12.1 Å². The summed E-state index contributed by atoms with van der Waals surface area (Å²) >= 11 is 5.77. The van der Waals surface area contributed by atoms with Crippen LogP contribution in [0.15, 0.2) is 36.4 Å². The van der Waals surface area contributed by atoms with E-state index in [4.69, 9.17) is 26.4 Å². The van der Waals surface area contributed by atoms with Crippen LogP contribution < -0.4 is 19.5 Å². The highest BCUT2D eigenvalue weighted by molar-refractivity contribution is 7.80. The summed E-state index contributed by atoms with van der Waals surface area (Å²) in [6.07, 6.45) is 4.15. The van der Waals surface area contributed by atoms with Crippen LogP contribution in [0.3, 0.4) is 0 Å². The Hall–Kier alpha value is -2.47. The smallest absolute Gasteiger partial charge is 0.169 e. The van der Waals surface area contributed by atoms with Crippen LogP contribution in [-0.2, 0) is 12.8 Å². The van der Waals surface area contributed by atoms with Gasteiger partial charge in [-0.2, -0.15) is 0 Å². The standard InChI is InChI=1S/C25H34N2O3S/c1-5-7-13-26-25(31)27-14-12-19-15-23(28-3)24(29-4)16-21(19)22(27)17-30-20-10-8-18(6-2)9-11-20/h8-11,15-16,22H,5-7,12-14,17H2,1-4H3,(H,26,31). The van der Waals surface area contributed by atoms with Crippen molar-refractivity contribution in [2.75, 3.05) is 33.9 Å². The predicted molar refractivity (Wildman–Crippen MR) is 130 cm³/mol. The van der Waals surface area contributed by atoms with E-state index in [-0.39, 0.29) is 6.04 Å². The summed E-state index contributed by atoms with van der Waals surface area (Å²) in [6, 6.07) is 12.5. The number of thiocarbonyl (C=S) groups is 1. The molecule has 0 aromatic heterocycles. The van der Waals surface area contributed by atoms with Crippen LogP contribution in [0.25, 0.3) is 0 Å². The van der Waals surface area contributed by atoms with E-state index < -0.39 is 0 Å². The Morgan fingerprint density at radius 2 is 1.81 bits per heavy atom. The molecule has 0 fully saturated rings. The van der Waals surface area contributed by atoms with E-state index >= 15 is 0 Å². The zero-order valence-electron chi connectivity index (χ0n) is 19.1. The highest BCUT2D eigenvalue weighted by Gasteiger charge is 2.31. The molecule has 31 heavy (non-hydrogen) atoms. The van der Waals surface area contributed by atoms with Gasteiger partial charge < -0.3 is 24.4 Å². The number of hydrogen-bond acceptors (Lipinski definition) is 4. The van der Waals surface area contributed by atoms with Crippen molar-refractivity contribution in [2.45, 2.75) is 45.6 Å². The number of rotatable bonds is 9. The minimum absolute atomic E-state index is 0.00367. The lowest BCUT2D eigenvalue weighted by Crippen LogP contribution is -2.47. The third-order valence-electron chi connectivity index (χ3n) is 5.81. The molecule has 1 aliphatic rings. The van der Waals surface area contributed by atoms with Gasteiger partial charge in [0.2, 0.25) is 0 Å². The van der Waals surface area contributed by atoms with E-state index in [0.717, 1.165) is 61.1 Å². The normalized spacial score (nSPS) is 15.2. The third kappa shape index (κ3) is 5.62. The topological polar surface area (TPSA) is 43.0 Å². The molecule has 1 unspecified atom stereocenters. The van der Waals surface area contributed by atoms with Crippen molar-refractivity contribution in [3.8, 4) is 17.2 Å². The van der Waals surface area contributed by atoms with Crippen molar-refractivity contribution in [1.29, 1.82) is 0 Å². The van der Waals surface area contributed by atoms with E-state index in [9.17, 15) is 0 Å². The largest absolute Gasteiger partial charge is 0.493 e. The molecule has 168 valence electrons. The number of benzene rings is 2. The maximum atomic E-state index is 6.24. The predicted octanol–water partition coefficient (Wildman–Crippen LogP) is 4.92. The van der Waals surface area contributed by atoms with Crippen molar-refractivity contribution < 1.29 is 14.2 Å². The van der Waals surface area contributed by atoms with E-state index in [0.29, 0.717) is 6.61 Å². The van der Waals surface area contributed by atoms with Gasteiger partial charge in [-0.3, -0.25) is 0 Å². The fourth-order valence-electron chi connectivity index (χ4n) is 3.92. The summed E-state index contributed by atoms with van der Waals surface area (Å²) in [5, 5.41) is 4.21. The van der Waals surface area contributed by atoms with Gasteiger partial charge in [-0.15, -0.1) is 0 Å². The molecule has 0 amide bonds. The lowest BCUT2D eigenvalue weighted by Gasteiger charge is -2.39. The molecule has 1 heterocycles. The van der Waals surface area contributed by atoms with Crippen molar-refractivity contribution in [2.24, 2.45) is 0 Å². The van der Waals surface area contributed by atoms with Gasteiger partial charge in [-0.05, 0) is 72.4 Å². The maximum Gasteiger partial charge on any atom is 0.169 e. The summed E-state index contributed by atoms with van der Waals surface area (Å²) in [7, 11) is 3.34. The Morgan fingerprint density at radius 1 is 1.10 bits per heavy atom. The summed E-state index contributed by atoms with van der Waals surface area (Å²) in [6.45, 7) is 6.56. The molecule has 5 nitrogen and oxygen atoms in total. The minimum Gasteiger partial charge on any atom is -0.493 e. The molecule has 0 spiro atoms. The number of methoxy groups -OCH3 is 2. The van der Waals surface area contributed by atoms with Crippen LogP contribution in [0.5, 0.6) is 17.2 Å². The van der Waals surface area contributed by atoms with Crippen molar-refractivity contribution in [1.82, 2.24) is 10.2 Å². The van der Waals surface area contributed by atoms with E-state index in [2.05, 4.69) is 48.3 Å². The Bertz CT molecular complexity index is 870. The number of aryl methyl sites for hydroxylation is 1. The molecule has 2 aromatic rings. The Labute approximate surface area is 191 Å². The maximum absolute atomic E-state index is 6.24. The molecule has 1 aliphatic heterocycles. The third-order valence-corrected chi connectivity index (χ3v) is 6.19. The number of fused-ring (bicyclic) bond motifs is 1. The van der Waals surface area contributed by atoms with Crippen molar-refractivity contribution >= 4 is 17.3 Å². The second kappa shape index (κ2) is 11.2. The van der Waals surface area contributed by atoms with Gasteiger partial charge in [0.05, 0.1) is 20.3 Å². The van der Waals surface area contributed by atoms with Crippen LogP contribution in [0, 0.1) is 0 Å². The van der Waals surface area contributed by atoms with Crippen LogP contribution in [0.4, 0.5) is 0 Å². The Balaban J connectivity index is 1.86. The number of hydrogen-bond donors (Lipinski definition) is 1. The first-order valence-electron chi connectivity index (χ1n) is 11.1. The summed E-state index contributed by atoms with van der Waals surface area (Å²) in [4.78, 5) is 2.25.